The van der Waals surface area contributed by atoms with Crippen LogP contribution in [0.4, 0.5) is 21.7 Å². The summed E-state index contributed by atoms with van der Waals surface area (Å²) in [6.45, 7) is 1.90. The molecule has 0 radical (unpaired) electrons. The van der Waals surface area contributed by atoms with Gasteiger partial charge in [0.15, 0.2) is 0 Å². The summed E-state index contributed by atoms with van der Waals surface area (Å²) in [5.41, 5.74) is 2.16. The molecule has 25 heavy (non-hydrogen) atoms. The Balaban J connectivity index is 1.76. The molecule has 1 heterocycles. The van der Waals surface area contributed by atoms with Crippen LogP contribution < -0.4 is 10.6 Å². The van der Waals surface area contributed by atoms with Crippen LogP contribution in [0.3, 0.4) is 0 Å². The fourth-order valence-corrected chi connectivity index (χ4v) is 2.29. The summed E-state index contributed by atoms with van der Waals surface area (Å²) in [5, 5.41) is 6.20. The minimum Gasteiger partial charge on any atom is -0.324 e. The monoisotopic (exact) mass is 356 g/mol. The van der Waals surface area contributed by atoms with Crippen molar-refractivity contribution in [3.63, 3.8) is 0 Å². The summed E-state index contributed by atoms with van der Waals surface area (Å²) < 4.78 is 13.2. The van der Waals surface area contributed by atoms with Gasteiger partial charge in [0.2, 0.25) is 5.95 Å². The molecule has 0 atom stereocenters. The first-order chi connectivity index (χ1) is 12.0. The van der Waals surface area contributed by atoms with E-state index in [0.29, 0.717) is 16.4 Å². The van der Waals surface area contributed by atoms with Crippen molar-refractivity contribution in [2.45, 2.75) is 6.92 Å². The number of nitrogens with zero attached hydrogens (tertiary/aromatic N) is 2. The average molecular weight is 357 g/mol. The smallest absolute Gasteiger partial charge is 0.274 e. The molecule has 2 aromatic carbocycles. The highest BCUT2D eigenvalue weighted by atomic mass is 35.5. The zero-order valence-corrected chi connectivity index (χ0v) is 14.0. The molecule has 5 nitrogen and oxygen atoms in total. The van der Waals surface area contributed by atoms with Crippen LogP contribution in [0.5, 0.6) is 0 Å². The molecule has 0 aliphatic heterocycles. The number of anilines is 3. The molecule has 7 heteroatoms. The van der Waals surface area contributed by atoms with Gasteiger partial charge in [0.1, 0.15) is 11.5 Å². The number of hydrogen-bond donors (Lipinski definition) is 2. The van der Waals surface area contributed by atoms with Gasteiger partial charge in [-0.2, -0.15) is 0 Å². The molecule has 126 valence electrons. The van der Waals surface area contributed by atoms with Gasteiger partial charge in [0.05, 0.1) is 0 Å². The molecule has 0 unspecified atom stereocenters. The molecule has 0 saturated heterocycles. The van der Waals surface area contributed by atoms with E-state index in [1.165, 1.54) is 30.5 Å². The lowest BCUT2D eigenvalue weighted by Crippen LogP contribution is -2.14. The Morgan fingerprint density at radius 2 is 1.96 bits per heavy atom. The van der Waals surface area contributed by atoms with Crippen molar-refractivity contribution in [3.8, 4) is 0 Å². The number of aromatic nitrogens is 2. The van der Waals surface area contributed by atoms with Gasteiger partial charge in [-0.1, -0.05) is 23.7 Å². The summed E-state index contributed by atoms with van der Waals surface area (Å²) in [7, 11) is 0. The third kappa shape index (κ3) is 4.30. The lowest BCUT2D eigenvalue weighted by atomic mass is 10.2. The Morgan fingerprint density at radius 1 is 1.12 bits per heavy atom. The van der Waals surface area contributed by atoms with Gasteiger partial charge in [-0.25, -0.2) is 14.4 Å². The fraction of sp³-hybridized carbons (Fsp3) is 0.0556. The number of aryl methyl sites for hydroxylation is 1. The summed E-state index contributed by atoms with van der Waals surface area (Å²) in [6, 6.07) is 12.6. The third-order valence-electron chi connectivity index (χ3n) is 3.40. The number of halogens is 2. The van der Waals surface area contributed by atoms with Crippen LogP contribution in [-0.4, -0.2) is 15.9 Å². The zero-order chi connectivity index (χ0) is 17.8. The minimum absolute atomic E-state index is 0.153. The Kier molecular flexibility index (Phi) is 4.90. The van der Waals surface area contributed by atoms with Gasteiger partial charge >= 0.3 is 0 Å². The van der Waals surface area contributed by atoms with Gasteiger partial charge in [0, 0.05) is 22.6 Å². The number of hydrogen-bond acceptors (Lipinski definition) is 4. The van der Waals surface area contributed by atoms with Crippen LogP contribution in [0.15, 0.2) is 54.7 Å². The Hall–Kier alpha value is -2.99. The van der Waals surface area contributed by atoms with Crippen LogP contribution in [0, 0.1) is 12.7 Å². The van der Waals surface area contributed by atoms with E-state index >= 15 is 0 Å². The number of benzene rings is 2. The first-order valence-corrected chi connectivity index (χ1v) is 7.82. The molecule has 0 fully saturated rings. The molecule has 0 aliphatic rings. The number of amides is 1. The summed E-state index contributed by atoms with van der Waals surface area (Å²) in [5.74, 6) is -0.635. The molecule has 0 spiro atoms. The highest BCUT2D eigenvalue weighted by Gasteiger charge is 2.10. The molecular formula is C18H14ClFN4O. The van der Waals surface area contributed by atoms with Crippen LogP contribution in [0.1, 0.15) is 16.1 Å². The van der Waals surface area contributed by atoms with Gasteiger partial charge < -0.3 is 10.6 Å². The quantitative estimate of drug-likeness (QED) is 0.718. The van der Waals surface area contributed by atoms with Crippen molar-refractivity contribution in [1.29, 1.82) is 0 Å². The molecule has 3 rings (SSSR count). The number of carbonyl (C=O) groups is 1. The van der Waals surface area contributed by atoms with Crippen molar-refractivity contribution in [1.82, 2.24) is 9.97 Å². The Labute approximate surface area is 148 Å². The van der Waals surface area contributed by atoms with E-state index in [1.54, 1.807) is 12.1 Å². The predicted octanol–water partition coefficient (Wildman–Crippen LogP) is 4.57. The second-order valence-corrected chi connectivity index (χ2v) is 5.73. The van der Waals surface area contributed by atoms with E-state index < -0.39 is 11.7 Å². The molecule has 1 amide bonds. The Bertz CT molecular complexity index is 932. The summed E-state index contributed by atoms with van der Waals surface area (Å²) in [4.78, 5) is 20.5. The first-order valence-electron chi connectivity index (χ1n) is 7.44. The van der Waals surface area contributed by atoms with Gasteiger partial charge in [-0.15, -0.1) is 0 Å². The number of rotatable bonds is 4. The summed E-state index contributed by atoms with van der Waals surface area (Å²) in [6.07, 6.45) is 1.46. The lowest BCUT2D eigenvalue weighted by Gasteiger charge is -2.08. The van der Waals surface area contributed by atoms with E-state index in [2.05, 4.69) is 20.6 Å². The van der Waals surface area contributed by atoms with Gasteiger partial charge in [-0.3, -0.25) is 4.79 Å². The largest absolute Gasteiger partial charge is 0.324 e. The molecular weight excluding hydrogens is 343 g/mol. The van der Waals surface area contributed by atoms with E-state index in [-0.39, 0.29) is 11.6 Å². The van der Waals surface area contributed by atoms with Crippen molar-refractivity contribution < 1.29 is 9.18 Å². The molecule has 0 bridgehead atoms. The number of carbonyl (C=O) groups excluding carboxylic acids is 1. The second-order valence-electron chi connectivity index (χ2n) is 5.32. The van der Waals surface area contributed by atoms with Crippen molar-refractivity contribution in [2.24, 2.45) is 0 Å². The van der Waals surface area contributed by atoms with Gasteiger partial charge in [0.25, 0.3) is 5.91 Å². The third-order valence-corrected chi connectivity index (χ3v) is 3.81. The number of nitrogens with one attached hydrogen (secondary N) is 2. The average Bonchev–Trinajstić information content (AvgIpc) is 2.58. The highest BCUT2D eigenvalue weighted by molar-refractivity contribution is 6.31. The Morgan fingerprint density at radius 3 is 2.72 bits per heavy atom. The maximum atomic E-state index is 13.2. The van der Waals surface area contributed by atoms with E-state index in [9.17, 15) is 9.18 Å². The lowest BCUT2D eigenvalue weighted by molar-refractivity contribution is 0.102. The van der Waals surface area contributed by atoms with Crippen LogP contribution in [0.2, 0.25) is 5.02 Å². The maximum absolute atomic E-state index is 13.2. The second kappa shape index (κ2) is 7.27. The SMILES string of the molecule is Cc1ccc(Nc2nccc(C(=O)Nc3cccc(F)c3)n2)cc1Cl. The molecule has 3 aromatic rings. The minimum atomic E-state index is -0.460. The molecule has 2 N–H and O–H groups in total. The highest BCUT2D eigenvalue weighted by Crippen LogP contribution is 2.22. The topological polar surface area (TPSA) is 66.9 Å². The van der Waals surface area contributed by atoms with E-state index in [4.69, 9.17) is 11.6 Å². The first kappa shape index (κ1) is 16.9. The molecule has 1 aromatic heterocycles. The van der Waals surface area contributed by atoms with Crippen molar-refractivity contribution in [2.75, 3.05) is 10.6 Å². The van der Waals surface area contributed by atoms with Crippen molar-refractivity contribution >= 4 is 34.8 Å². The predicted molar refractivity (Wildman–Crippen MR) is 95.9 cm³/mol. The summed E-state index contributed by atoms with van der Waals surface area (Å²) >= 11 is 6.09. The van der Waals surface area contributed by atoms with Crippen molar-refractivity contribution in [3.05, 3.63) is 76.8 Å². The van der Waals surface area contributed by atoms with E-state index in [0.717, 1.165) is 5.56 Å². The van der Waals surface area contributed by atoms with E-state index in [1.807, 2.05) is 19.1 Å². The normalized spacial score (nSPS) is 10.4. The van der Waals surface area contributed by atoms with Crippen LogP contribution in [0.25, 0.3) is 0 Å². The van der Waals surface area contributed by atoms with Crippen LogP contribution in [-0.2, 0) is 0 Å². The van der Waals surface area contributed by atoms with Gasteiger partial charge in [-0.05, 0) is 48.9 Å². The standard InChI is InChI=1S/C18H14ClFN4O/c1-11-5-6-14(10-15(11)19)23-18-21-8-7-16(24-18)17(25)22-13-4-2-3-12(20)9-13/h2-10H,1H3,(H,22,25)(H,21,23,24). The fourth-order valence-electron chi connectivity index (χ4n) is 2.11. The zero-order valence-electron chi connectivity index (χ0n) is 13.3. The van der Waals surface area contributed by atoms with Crippen LogP contribution >= 0.6 is 11.6 Å². The molecule has 0 saturated carbocycles. The maximum Gasteiger partial charge on any atom is 0.274 e. The molecule has 0 aliphatic carbocycles.